The Hall–Kier alpha value is -2.94. The zero-order valence-electron chi connectivity index (χ0n) is 14.5. The molecule has 1 saturated heterocycles. The summed E-state index contributed by atoms with van der Waals surface area (Å²) in [5.41, 5.74) is 11.7. The summed E-state index contributed by atoms with van der Waals surface area (Å²) in [4.78, 5) is 2.42. The molecule has 1 atom stereocenters. The maximum Gasteiger partial charge on any atom is 0.244 e. The molecule has 128 valence electrons. The second kappa shape index (κ2) is 5.85. The number of H-pyrrole nitrogens is 1. The van der Waals surface area contributed by atoms with Crippen LogP contribution in [0.25, 0.3) is 0 Å². The minimum absolute atomic E-state index is 0.132. The van der Waals surface area contributed by atoms with Crippen molar-refractivity contribution in [2.24, 2.45) is 5.73 Å². The highest BCUT2D eigenvalue weighted by Crippen LogP contribution is 2.43. The van der Waals surface area contributed by atoms with Crippen LogP contribution in [0.4, 0.5) is 5.69 Å². The van der Waals surface area contributed by atoms with Crippen molar-refractivity contribution in [3.63, 3.8) is 0 Å². The number of aromatic amines is 1. The van der Waals surface area contributed by atoms with E-state index in [0.29, 0.717) is 11.5 Å². The minimum Gasteiger partial charge on any atom is -0.420 e. The molecule has 0 radical (unpaired) electrons. The molecule has 0 bridgehead atoms. The summed E-state index contributed by atoms with van der Waals surface area (Å²) in [6.45, 7) is 6.28. The molecule has 0 unspecified atom stereocenters. The normalized spacial score (nSPS) is 19.6. The maximum absolute atomic E-state index is 9.64. The number of nitrogens with two attached hydrogens (primary N) is 1. The fraction of sp³-hybridized carbons (Fsp3) is 0.368. The number of nitriles is 1. The van der Waals surface area contributed by atoms with Crippen LogP contribution >= 0.6 is 0 Å². The third-order valence-corrected chi connectivity index (χ3v) is 5.13. The highest BCUT2D eigenvalue weighted by molar-refractivity contribution is 5.60. The molecule has 2 aliphatic heterocycles. The highest BCUT2D eigenvalue weighted by atomic mass is 16.5. The molecule has 1 aromatic carbocycles. The lowest BCUT2D eigenvalue weighted by molar-refractivity contribution is 0.379. The zero-order chi connectivity index (χ0) is 17.6. The van der Waals surface area contributed by atoms with E-state index in [1.54, 1.807) is 0 Å². The second-order valence-electron chi connectivity index (χ2n) is 6.73. The van der Waals surface area contributed by atoms with Gasteiger partial charge in [0.15, 0.2) is 0 Å². The van der Waals surface area contributed by atoms with Gasteiger partial charge in [0.1, 0.15) is 11.6 Å². The van der Waals surface area contributed by atoms with Crippen LogP contribution in [0.2, 0.25) is 0 Å². The van der Waals surface area contributed by atoms with Crippen molar-refractivity contribution in [3.05, 3.63) is 52.0 Å². The van der Waals surface area contributed by atoms with Gasteiger partial charge in [-0.1, -0.05) is 12.1 Å². The quantitative estimate of drug-likeness (QED) is 0.880. The summed E-state index contributed by atoms with van der Waals surface area (Å²) in [5.74, 6) is 0.340. The van der Waals surface area contributed by atoms with E-state index in [1.165, 1.54) is 24.1 Å². The van der Waals surface area contributed by atoms with Crippen molar-refractivity contribution in [3.8, 4) is 11.9 Å². The van der Waals surface area contributed by atoms with Crippen molar-refractivity contribution in [2.75, 3.05) is 18.0 Å². The van der Waals surface area contributed by atoms with E-state index in [2.05, 4.69) is 46.3 Å². The first kappa shape index (κ1) is 15.6. The van der Waals surface area contributed by atoms with Crippen LogP contribution in [0.1, 0.15) is 41.1 Å². The van der Waals surface area contributed by atoms with Gasteiger partial charge < -0.3 is 15.4 Å². The number of nitrogens with zero attached hydrogens (tertiary/aromatic N) is 3. The molecule has 1 aromatic heterocycles. The van der Waals surface area contributed by atoms with Gasteiger partial charge in [-0.05, 0) is 43.9 Å². The number of hydrogen-bond donors (Lipinski definition) is 2. The lowest BCUT2D eigenvalue weighted by Crippen LogP contribution is -2.22. The first-order chi connectivity index (χ1) is 12.1. The molecule has 2 aromatic rings. The number of anilines is 1. The SMILES string of the molecule is Cc1cc([C@@H]2C(C#N)=C(N)Oc3n[nH]c(C)c32)ccc1N1CCCC1. The molecule has 6 nitrogen and oxygen atoms in total. The number of fused-ring (bicyclic) bond motifs is 1. The Labute approximate surface area is 146 Å². The number of allylic oxidation sites excluding steroid dienone is 1. The van der Waals surface area contributed by atoms with E-state index >= 15 is 0 Å². The topological polar surface area (TPSA) is 91.0 Å². The molecule has 6 heteroatoms. The average molecular weight is 335 g/mol. The number of hydrogen-bond acceptors (Lipinski definition) is 5. The Morgan fingerprint density at radius 2 is 2.08 bits per heavy atom. The minimum atomic E-state index is -0.251. The molecule has 0 amide bonds. The van der Waals surface area contributed by atoms with Crippen molar-refractivity contribution >= 4 is 5.69 Å². The lowest BCUT2D eigenvalue weighted by atomic mass is 9.83. The largest absolute Gasteiger partial charge is 0.420 e. The van der Waals surface area contributed by atoms with Gasteiger partial charge >= 0.3 is 0 Å². The Morgan fingerprint density at radius 3 is 2.76 bits per heavy atom. The molecule has 3 N–H and O–H groups in total. The molecule has 1 fully saturated rings. The second-order valence-corrected chi connectivity index (χ2v) is 6.73. The van der Waals surface area contributed by atoms with E-state index in [-0.39, 0.29) is 11.8 Å². The standard InChI is InChI=1S/C19H21N5O/c1-11-9-13(5-6-15(11)24-7-3-4-8-24)17-14(10-20)18(21)25-19-16(17)12(2)22-23-19/h5-6,9,17H,3-4,7-8,21H2,1-2H3,(H,22,23)/t17-/m1/s1. The van der Waals surface area contributed by atoms with E-state index < -0.39 is 0 Å². The molecule has 0 saturated carbocycles. The van der Waals surface area contributed by atoms with Gasteiger partial charge in [0.05, 0.1) is 5.92 Å². The van der Waals surface area contributed by atoms with Crippen LogP contribution in [0.5, 0.6) is 5.88 Å². The highest BCUT2D eigenvalue weighted by Gasteiger charge is 2.34. The first-order valence-electron chi connectivity index (χ1n) is 8.58. The fourth-order valence-electron chi connectivity index (χ4n) is 3.90. The van der Waals surface area contributed by atoms with Crippen LogP contribution < -0.4 is 15.4 Å². The van der Waals surface area contributed by atoms with Crippen LogP contribution in [0.3, 0.4) is 0 Å². The molecule has 0 spiro atoms. The smallest absolute Gasteiger partial charge is 0.244 e. The number of benzene rings is 1. The zero-order valence-corrected chi connectivity index (χ0v) is 14.5. The summed E-state index contributed by atoms with van der Waals surface area (Å²) in [5, 5.41) is 16.8. The lowest BCUT2D eigenvalue weighted by Gasteiger charge is -2.26. The predicted molar refractivity (Wildman–Crippen MR) is 95.2 cm³/mol. The van der Waals surface area contributed by atoms with Crippen molar-refractivity contribution < 1.29 is 4.74 Å². The maximum atomic E-state index is 9.64. The summed E-state index contributed by atoms with van der Waals surface area (Å²) >= 11 is 0. The van der Waals surface area contributed by atoms with Gasteiger partial charge in [-0.15, -0.1) is 5.10 Å². The summed E-state index contributed by atoms with van der Waals surface area (Å²) in [6.07, 6.45) is 2.49. The number of ether oxygens (including phenoxy) is 1. The van der Waals surface area contributed by atoms with Crippen LogP contribution in [-0.4, -0.2) is 23.3 Å². The number of aromatic nitrogens is 2. The van der Waals surface area contributed by atoms with Gasteiger partial charge in [0.2, 0.25) is 11.8 Å². The first-order valence-corrected chi connectivity index (χ1v) is 8.58. The Balaban J connectivity index is 1.81. The summed E-state index contributed by atoms with van der Waals surface area (Å²) in [6, 6.07) is 8.64. The van der Waals surface area contributed by atoms with Gasteiger partial charge in [0, 0.05) is 30.0 Å². The van der Waals surface area contributed by atoms with Crippen molar-refractivity contribution in [1.29, 1.82) is 5.26 Å². The van der Waals surface area contributed by atoms with Crippen molar-refractivity contribution in [2.45, 2.75) is 32.6 Å². The van der Waals surface area contributed by atoms with E-state index in [9.17, 15) is 5.26 Å². The van der Waals surface area contributed by atoms with Crippen LogP contribution in [0, 0.1) is 25.2 Å². The van der Waals surface area contributed by atoms with E-state index in [0.717, 1.165) is 29.9 Å². The number of rotatable bonds is 2. The summed E-state index contributed by atoms with van der Waals surface area (Å²) < 4.78 is 5.53. The molecule has 4 rings (SSSR count). The van der Waals surface area contributed by atoms with E-state index in [4.69, 9.17) is 10.5 Å². The predicted octanol–water partition coefficient (Wildman–Crippen LogP) is 2.84. The van der Waals surface area contributed by atoms with Gasteiger partial charge in [-0.3, -0.25) is 5.10 Å². The molecule has 3 heterocycles. The third kappa shape index (κ3) is 2.43. The molecule has 25 heavy (non-hydrogen) atoms. The van der Waals surface area contributed by atoms with Gasteiger partial charge in [0.25, 0.3) is 0 Å². The van der Waals surface area contributed by atoms with Crippen LogP contribution in [-0.2, 0) is 0 Å². The van der Waals surface area contributed by atoms with Gasteiger partial charge in [-0.2, -0.15) is 5.26 Å². The Kier molecular flexibility index (Phi) is 3.65. The fourth-order valence-corrected chi connectivity index (χ4v) is 3.90. The number of aryl methyl sites for hydroxylation is 2. The van der Waals surface area contributed by atoms with Gasteiger partial charge in [-0.25, -0.2) is 0 Å². The van der Waals surface area contributed by atoms with Crippen LogP contribution in [0.15, 0.2) is 29.7 Å². The molecular weight excluding hydrogens is 314 g/mol. The van der Waals surface area contributed by atoms with Crippen molar-refractivity contribution in [1.82, 2.24) is 10.2 Å². The van der Waals surface area contributed by atoms with E-state index in [1.807, 2.05) is 6.92 Å². The Morgan fingerprint density at radius 1 is 1.32 bits per heavy atom. The third-order valence-electron chi connectivity index (χ3n) is 5.13. The number of nitrogens with one attached hydrogen (secondary N) is 1. The Bertz CT molecular complexity index is 899. The molecule has 0 aliphatic carbocycles. The monoisotopic (exact) mass is 335 g/mol. The average Bonchev–Trinajstić information content (AvgIpc) is 3.24. The molecular formula is C19H21N5O. The summed E-state index contributed by atoms with van der Waals surface area (Å²) in [7, 11) is 0. The molecule has 2 aliphatic rings.